The number of carbonyl (C=O) groups is 2. The van der Waals surface area contributed by atoms with Gasteiger partial charge in [-0.15, -0.1) is 0 Å². The molecular formula is C28H42N8O4. The van der Waals surface area contributed by atoms with Gasteiger partial charge in [-0.3, -0.25) is 19.6 Å². The molecular weight excluding hydrogens is 512 g/mol. The molecule has 2 fully saturated rings. The predicted molar refractivity (Wildman–Crippen MR) is 153 cm³/mol. The Morgan fingerprint density at radius 1 is 1.05 bits per heavy atom. The molecule has 218 valence electrons. The van der Waals surface area contributed by atoms with Crippen LogP contribution in [0.25, 0.3) is 5.69 Å². The standard InChI is InChI=1S/C28H42N8O4/c1-28(2,30)25(38)33-13-15-34(16-14-33)26(39)31-24-11-12-36(27(40)32-24)23-7-3-20(4-8-23)19-35(17-18-37)22-9-5-21(29)6-10-22/h3-4,7-8,11-12,21-22,37H,5-6,9-10,13-19,29-30H2,1-2H3,(H,31,32,39,40)/t21-,22-. The molecule has 1 aromatic carbocycles. The molecule has 1 saturated heterocycles. The van der Waals surface area contributed by atoms with E-state index >= 15 is 0 Å². The van der Waals surface area contributed by atoms with Crippen LogP contribution in [0.3, 0.4) is 0 Å². The lowest BCUT2D eigenvalue weighted by atomic mass is 9.90. The van der Waals surface area contributed by atoms with Gasteiger partial charge in [-0.25, -0.2) is 9.59 Å². The second-order valence-electron chi connectivity index (χ2n) is 11.3. The monoisotopic (exact) mass is 554 g/mol. The van der Waals surface area contributed by atoms with Crippen LogP contribution in [0.15, 0.2) is 41.3 Å². The summed E-state index contributed by atoms with van der Waals surface area (Å²) in [7, 11) is 0. The zero-order chi connectivity index (χ0) is 28.9. The summed E-state index contributed by atoms with van der Waals surface area (Å²) in [5.74, 6) is 0.0130. The van der Waals surface area contributed by atoms with Crippen molar-refractivity contribution in [3.05, 3.63) is 52.6 Å². The number of piperazine rings is 1. The van der Waals surface area contributed by atoms with Gasteiger partial charge in [0.2, 0.25) is 5.91 Å². The molecule has 4 rings (SSSR count). The van der Waals surface area contributed by atoms with Crippen molar-refractivity contribution in [3.63, 3.8) is 0 Å². The molecule has 1 aromatic heterocycles. The minimum absolute atomic E-state index is 0.104. The average Bonchev–Trinajstić information content (AvgIpc) is 2.93. The Morgan fingerprint density at radius 2 is 1.68 bits per heavy atom. The van der Waals surface area contributed by atoms with Crippen LogP contribution in [0.1, 0.15) is 45.1 Å². The van der Waals surface area contributed by atoms with E-state index in [2.05, 4.69) is 15.2 Å². The number of benzene rings is 1. The Kier molecular flexibility index (Phi) is 9.56. The topological polar surface area (TPSA) is 163 Å². The molecule has 2 heterocycles. The van der Waals surface area contributed by atoms with Gasteiger partial charge < -0.3 is 26.4 Å². The summed E-state index contributed by atoms with van der Waals surface area (Å²) in [4.78, 5) is 47.5. The summed E-state index contributed by atoms with van der Waals surface area (Å²) in [6.07, 6.45) is 5.66. The number of amides is 3. The summed E-state index contributed by atoms with van der Waals surface area (Å²) >= 11 is 0. The minimum atomic E-state index is -0.955. The second kappa shape index (κ2) is 12.9. The van der Waals surface area contributed by atoms with Gasteiger partial charge in [0, 0.05) is 57.5 Å². The van der Waals surface area contributed by atoms with Gasteiger partial charge in [-0.2, -0.15) is 4.98 Å². The Hall–Kier alpha value is -3.32. The van der Waals surface area contributed by atoms with E-state index in [-0.39, 0.29) is 30.4 Å². The molecule has 3 amide bonds. The second-order valence-corrected chi connectivity index (χ2v) is 11.3. The molecule has 2 aliphatic rings. The summed E-state index contributed by atoms with van der Waals surface area (Å²) in [5, 5.41) is 12.3. The highest BCUT2D eigenvalue weighted by Gasteiger charge is 2.31. The van der Waals surface area contributed by atoms with Crippen molar-refractivity contribution in [3.8, 4) is 5.69 Å². The number of nitrogens with one attached hydrogen (secondary N) is 1. The first-order valence-electron chi connectivity index (χ1n) is 14.0. The van der Waals surface area contributed by atoms with E-state index < -0.39 is 11.2 Å². The molecule has 1 saturated carbocycles. The molecule has 0 unspecified atom stereocenters. The van der Waals surface area contributed by atoms with E-state index in [0.29, 0.717) is 51.0 Å². The first kappa shape index (κ1) is 29.7. The number of anilines is 1. The maximum Gasteiger partial charge on any atom is 0.354 e. The largest absolute Gasteiger partial charge is 0.395 e. The van der Waals surface area contributed by atoms with Gasteiger partial charge in [0.1, 0.15) is 5.82 Å². The Bertz CT molecular complexity index is 1210. The third-order valence-corrected chi connectivity index (χ3v) is 7.69. The van der Waals surface area contributed by atoms with E-state index in [1.165, 1.54) is 4.57 Å². The fourth-order valence-corrected chi connectivity index (χ4v) is 5.36. The fraction of sp³-hybridized carbons (Fsp3) is 0.571. The molecule has 0 spiro atoms. The zero-order valence-electron chi connectivity index (χ0n) is 23.5. The van der Waals surface area contributed by atoms with Gasteiger partial charge in [-0.1, -0.05) is 12.1 Å². The van der Waals surface area contributed by atoms with Crippen LogP contribution in [-0.2, 0) is 11.3 Å². The number of rotatable bonds is 8. The first-order chi connectivity index (χ1) is 19.0. The quantitative estimate of drug-likeness (QED) is 0.371. The number of aliphatic hydroxyl groups excluding tert-OH is 1. The average molecular weight is 555 g/mol. The highest BCUT2D eigenvalue weighted by Crippen LogP contribution is 2.24. The van der Waals surface area contributed by atoms with Gasteiger partial charge >= 0.3 is 11.7 Å². The molecule has 0 radical (unpaired) electrons. The Morgan fingerprint density at radius 3 is 2.25 bits per heavy atom. The van der Waals surface area contributed by atoms with Crippen molar-refractivity contribution in [2.75, 3.05) is 44.6 Å². The highest BCUT2D eigenvalue weighted by molar-refractivity contribution is 5.89. The molecule has 6 N–H and O–H groups in total. The van der Waals surface area contributed by atoms with Crippen molar-refractivity contribution in [2.24, 2.45) is 11.5 Å². The lowest BCUT2D eigenvalue weighted by Gasteiger charge is -2.37. The number of nitrogens with two attached hydrogens (primary N) is 2. The summed E-state index contributed by atoms with van der Waals surface area (Å²) in [6.45, 7) is 6.27. The van der Waals surface area contributed by atoms with Gasteiger partial charge in [0.05, 0.1) is 17.8 Å². The number of aromatic nitrogens is 2. The highest BCUT2D eigenvalue weighted by atomic mass is 16.3. The molecule has 12 heteroatoms. The SMILES string of the molecule is CC(C)(N)C(=O)N1CCN(C(=O)Nc2ccn(-c3ccc(CN(CCO)[C@H]4CC[C@H](N)CC4)cc3)c(=O)n2)CC1. The van der Waals surface area contributed by atoms with Gasteiger partial charge in [0.25, 0.3) is 0 Å². The smallest absolute Gasteiger partial charge is 0.354 e. The van der Waals surface area contributed by atoms with E-state index in [9.17, 15) is 19.5 Å². The van der Waals surface area contributed by atoms with Crippen molar-refractivity contribution < 1.29 is 14.7 Å². The fourth-order valence-electron chi connectivity index (χ4n) is 5.36. The molecule has 1 aliphatic carbocycles. The van der Waals surface area contributed by atoms with E-state index in [0.717, 1.165) is 31.2 Å². The number of hydrogen-bond donors (Lipinski definition) is 4. The maximum atomic E-state index is 12.8. The van der Waals surface area contributed by atoms with Gasteiger partial charge in [-0.05, 0) is 63.3 Å². The number of urea groups is 1. The molecule has 40 heavy (non-hydrogen) atoms. The molecule has 0 bridgehead atoms. The normalized spacial score (nSPS) is 20.1. The van der Waals surface area contributed by atoms with Crippen molar-refractivity contribution >= 4 is 17.8 Å². The summed E-state index contributed by atoms with van der Waals surface area (Å²) in [6, 6.07) is 9.59. The van der Waals surface area contributed by atoms with Crippen LogP contribution < -0.4 is 22.5 Å². The van der Waals surface area contributed by atoms with Gasteiger partial charge in [0.15, 0.2) is 0 Å². The van der Waals surface area contributed by atoms with Crippen LogP contribution >= 0.6 is 0 Å². The number of hydrogen-bond acceptors (Lipinski definition) is 8. The van der Waals surface area contributed by atoms with E-state index in [1.807, 2.05) is 24.3 Å². The summed E-state index contributed by atoms with van der Waals surface area (Å²) in [5.41, 5.74) is 12.3. The number of carbonyl (C=O) groups excluding carboxylic acids is 2. The van der Waals surface area contributed by atoms with Crippen molar-refractivity contribution in [2.45, 2.75) is 63.7 Å². The van der Waals surface area contributed by atoms with E-state index in [1.54, 1.807) is 35.9 Å². The minimum Gasteiger partial charge on any atom is -0.395 e. The lowest BCUT2D eigenvalue weighted by Crippen LogP contribution is -2.58. The van der Waals surface area contributed by atoms with Crippen molar-refractivity contribution in [1.82, 2.24) is 24.3 Å². The predicted octanol–water partition coefficient (Wildman–Crippen LogP) is 0.710. The van der Waals surface area contributed by atoms with E-state index in [4.69, 9.17) is 11.5 Å². The van der Waals surface area contributed by atoms with Crippen LogP contribution in [-0.4, -0.2) is 98.2 Å². The third kappa shape index (κ3) is 7.45. The maximum absolute atomic E-state index is 12.8. The number of aliphatic hydroxyl groups is 1. The lowest BCUT2D eigenvalue weighted by molar-refractivity contribution is -0.137. The Labute approximate surface area is 234 Å². The Balaban J connectivity index is 1.34. The zero-order valence-corrected chi connectivity index (χ0v) is 23.5. The molecule has 0 atom stereocenters. The molecule has 1 aliphatic heterocycles. The summed E-state index contributed by atoms with van der Waals surface area (Å²) < 4.78 is 1.42. The van der Waals surface area contributed by atoms with Crippen LogP contribution in [0.5, 0.6) is 0 Å². The number of nitrogens with zero attached hydrogens (tertiary/aromatic N) is 5. The van der Waals surface area contributed by atoms with Crippen LogP contribution in [0, 0.1) is 0 Å². The first-order valence-corrected chi connectivity index (χ1v) is 14.0. The molecule has 2 aromatic rings. The third-order valence-electron chi connectivity index (χ3n) is 7.69. The van der Waals surface area contributed by atoms with Crippen molar-refractivity contribution in [1.29, 1.82) is 0 Å². The van der Waals surface area contributed by atoms with Crippen LogP contribution in [0.4, 0.5) is 10.6 Å². The molecule has 12 nitrogen and oxygen atoms in total. The van der Waals surface area contributed by atoms with Crippen LogP contribution in [0.2, 0.25) is 0 Å².